The maximum Gasteiger partial charge on any atom is 0.222 e. The maximum absolute atomic E-state index is 6.28. The van der Waals surface area contributed by atoms with E-state index in [9.17, 15) is 0 Å². The van der Waals surface area contributed by atoms with E-state index < -0.39 is 5.79 Å². The third kappa shape index (κ3) is 3.41. The minimum atomic E-state index is -1.09. The SMILES string of the molecule is COc1c(C)cc(C(OC)(OC)c2ccc3sc4ccccc4c3c2-c2ccccc2)cc1C. The average Bonchev–Trinajstić information content (AvgIpc) is 3.24. The molecule has 0 aliphatic heterocycles. The predicted octanol–water partition coefficient (Wildman–Crippen LogP) is 7.84. The van der Waals surface area contributed by atoms with Crippen LogP contribution in [0.15, 0.2) is 78.9 Å². The molecule has 0 fully saturated rings. The zero-order valence-electron chi connectivity index (χ0n) is 20.1. The van der Waals surface area contributed by atoms with Gasteiger partial charge in [0.15, 0.2) is 0 Å². The summed E-state index contributed by atoms with van der Waals surface area (Å²) < 4.78 is 20.7. The van der Waals surface area contributed by atoms with Gasteiger partial charge in [-0.05, 0) is 60.4 Å². The van der Waals surface area contributed by atoms with E-state index in [1.165, 1.54) is 20.2 Å². The minimum absolute atomic E-state index is 0.882. The minimum Gasteiger partial charge on any atom is -0.496 e. The molecule has 3 nitrogen and oxygen atoms in total. The van der Waals surface area contributed by atoms with E-state index in [4.69, 9.17) is 14.2 Å². The van der Waals surface area contributed by atoms with Crippen LogP contribution in [0.2, 0.25) is 0 Å². The highest BCUT2D eigenvalue weighted by Crippen LogP contribution is 2.48. The third-order valence-electron chi connectivity index (χ3n) is 6.58. The highest BCUT2D eigenvalue weighted by molar-refractivity contribution is 7.25. The van der Waals surface area contributed by atoms with E-state index in [-0.39, 0.29) is 0 Å². The fraction of sp³-hybridized carbons (Fsp3) is 0.200. The Morgan fingerprint density at radius 1 is 0.706 bits per heavy atom. The Morgan fingerprint density at radius 2 is 1.35 bits per heavy atom. The van der Waals surface area contributed by atoms with E-state index in [2.05, 4.69) is 86.6 Å². The summed E-state index contributed by atoms with van der Waals surface area (Å²) in [7, 11) is 5.13. The van der Waals surface area contributed by atoms with Crippen LogP contribution >= 0.6 is 11.3 Å². The summed E-state index contributed by atoms with van der Waals surface area (Å²) in [4.78, 5) is 0. The van der Waals surface area contributed by atoms with E-state index in [1.807, 2.05) is 17.4 Å². The molecule has 0 saturated heterocycles. The second-order valence-electron chi connectivity index (χ2n) is 8.49. The molecule has 5 rings (SSSR count). The highest BCUT2D eigenvalue weighted by atomic mass is 32.1. The molecule has 0 N–H and O–H groups in total. The molecule has 0 amide bonds. The van der Waals surface area contributed by atoms with Crippen LogP contribution in [0.25, 0.3) is 31.3 Å². The Morgan fingerprint density at radius 3 is 2.00 bits per heavy atom. The molecule has 0 aliphatic rings. The quantitative estimate of drug-likeness (QED) is 0.238. The van der Waals surface area contributed by atoms with Crippen molar-refractivity contribution in [2.75, 3.05) is 21.3 Å². The lowest BCUT2D eigenvalue weighted by molar-refractivity contribution is -0.183. The fourth-order valence-electron chi connectivity index (χ4n) is 5.15. The molecule has 34 heavy (non-hydrogen) atoms. The van der Waals surface area contributed by atoms with Gasteiger partial charge in [-0.2, -0.15) is 0 Å². The van der Waals surface area contributed by atoms with Crippen molar-refractivity contribution >= 4 is 31.5 Å². The molecule has 0 bridgehead atoms. The van der Waals surface area contributed by atoms with Crippen molar-refractivity contribution in [1.82, 2.24) is 0 Å². The summed E-state index contributed by atoms with van der Waals surface area (Å²) in [6.45, 7) is 4.11. The van der Waals surface area contributed by atoms with Crippen molar-refractivity contribution in [3.05, 3.63) is 101 Å². The summed E-state index contributed by atoms with van der Waals surface area (Å²) in [5, 5.41) is 2.47. The molecule has 0 saturated carbocycles. The zero-order valence-corrected chi connectivity index (χ0v) is 21.0. The second-order valence-corrected chi connectivity index (χ2v) is 9.58. The van der Waals surface area contributed by atoms with Gasteiger partial charge in [0.1, 0.15) is 5.75 Å². The van der Waals surface area contributed by atoms with Gasteiger partial charge in [0, 0.05) is 45.5 Å². The standard InChI is InChI=1S/C30H28O3S/c1-19-17-22(18-20(2)29(19)31-3)30(32-4,33-5)24-15-16-26-28(23-13-9-10-14-25(23)34-26)27(24)21-11-7-6-8-12-21/h6-18H,1-5H3. The number of aryl methyl sites for hydroxylation is 2. The van der Waals surface area contributed by atoms with Crippen LogP contribution in [-0.4, -0.2) is 21.3 Å². The highest BCUT2D eigenvalue weighted by Gasteiger charge is 2.38. The first kappa shape index (κ1) is 22.6. The molecule has 0 aliphatic carbocycles. The summed E-state index contributed by atoms with van der Waals surface area (Å²) in [6.07, 6.45) is 0. The molecule has 5 aromatic rings. The summed E-state index contributed by atoms with van der Waals surface area (Å²) in [5.74, 6) is -0.211. The molecular formula is C30H28O3S. The van der Waals surface area contributed by atoms with E-state index in [0.29, 0.717) is 0 Å². The van der Waals surface area contributed by atoms with Gasteiger partial charge in [-0.15, -0.1) is 11.3 Å². The monoisotopic (exact) mass is 468 g/mol. The molecule has 0 atom stereocenters. The molecule has 0 radical (unpaired) electrons. The van der Waals surface area contributed by atoms with Crippen molar-refractivity contribution in [2.45, 2.75) is 19.6 Å². The number of hydrogen-bond acceptors (Lipinski definition) is 4. The Balaban J connectivity index is 1.91. The summed E-state index contributed by atoms with van der Waals surface area (Å²) in [6, 6.07) is 27.7. The van der Waals surface area contributed by atoms with Gasteiger partial charge in [-0.25, -0.2) is 0 Å². The summed E-state index contributed by atoms with van der Waals surface area (Å²) >= 11 is 1.81. The molecule has 4 heteroatoms. The van der Waals surface area contributed by atoms with Gasteiger partial charge < -0.3 is 14.2 Å². The van der Waals surface area contributed by atoms with Gasteiger partial charge >= 0.3 is 0 Å². The first-order chi connectivity index (χ1) is 16.5. The molecule has 0 spiro atoms. The van der Waals surface area contributed by atoms with E-state index in [0.717, 1.165) is 39.1 Å². The number of rotatable bonds is 6. The first-order valence-electron chi connectivity index (χ1n) is 11.3. The van der Waals surface area contributed by atoms with Gasteiger partial charge in [0.25, 0.3) is 0 Å². The van der Waals surface area contributed by atoms with Crippen LogP contribution in [0.5, 0.6) is 5.75 Å². The number of fused-ring (bicyclic) bond motifs is 3. The first-order valence-corrected chi connectivity index (χ1v) is 12.1. The molecule has 0 unspecified atom stereocenters. The number of methoxy groups -OCH3 is 3. The van der Waals surface area contributed by atoms with Crippen LogP contribution < -0.4 is 4.74 Å². The summed E-state index contributed by atoms with van der Waals surface area (Å²) in [5.41, 5.74) is 6.25. The number of hydrogen-bond donors (Lipinski definition) is 0. The molecule has 172 valence electrons. The van der Waals surface area contributed by atoms with Gasteiger partial charge in [0.2, 0.25) is 5.79 Å². The normalized spacial score (nSPS) is 11.9. The number of thiophene rings is 1. The van der Waals surface area contributed by atoms with Crippen LogP contribution in [-0.2, 0) is 15.3 Å². The molecule has 4 aromatic carbocycles. The van der Waals surface area contributed by atoms with Crippen molar-refractivity contribution in [3.63, 3.8) is 0 Å². The molecule has 1 aromatic heterocycles. The zero-order chi connectivity index (χ0) is 23.9. The second kappa shape index (κ2) is 8.88. The lowest BCUT2D eigenvalue weighted by Crippen LogP contribution is -2.33. The fourth-order valence-corrected chi connectivity index (χ4v) is 6.27. The van der Waals surface area contributed by atoms with Crippen LogP contribution in [0, 0.1) is 13.8 Å². The average molecular weight is 469 g/mol. The van der Waals surface area contributed by atoms with Crippen molar-refractivity contribution < 1.29 is 14.2 Å². The number of benzene rings is 4. The lowest BCUT2D eigenvalue weighted by atomic mass is 9.86. The Labute approximate surface area is 204 Å². The topological polar surface area (TPSA) is 27.7 Å². The Hall–Kier alpha value is -3.18. The Kier molecular flexibility index (Phi) is 5.90. The van der Waals surface area contributed by atoms with E-state index >= 15 is 0 Å². The largest absolute Gasteiger partial charge is 0.496 e. The van der Waals surface area contributed by atoms with Crippen molar-refractivity contribution in [2.24, 2.45) is 0 Å². The Bertz CT molecular complexity index is 1460. The smallest absolute Gasteiger partial charge is 0.222 e. The van der Waals surface area contributed by atoms with Gasteiger partial charge in [0.05, 0.1) is 7.11 Å². The van der Waals surface area contributed by atoms with Crippen molar-refractivity contribution in [3.8, 4) is 16.9 Å². The van der Waals surface area contributed by atoms with Gasteiger partial charge in [-0.3, -0.25) is 0 Å². The molecule has 1 heterocycles. The van der Waals surface area contributed by atoms with E-state index in [1.54, 1.807) is 21.3 Å². The maximum atomic E-state index is 6.28. The van der Waals surface area contributed by atoms with Crippen LogP contribution in [0.4, 0.5) is 0 Å². The molecular weight excluding hydrogens is 440 g/mol. The van der Waals surface area contributed by atoms with Crippen LogP contribution in [0.1, 0.15) is 22.3 Å². The number of ether oxygens (including phenoxy) is 3. The predicted molar refractivity (Wildman–Crippen MR) is 142 cm³/mol. The third-order valence-corrected chi connectivity index (χ3v) is 7.72. The lowest BCUT2D eigenvalue weighted by Gasteiger charge is -2.34. The van der Waals surface area contributed by atoms with Gasteiger partial charge in [-0.1, -0.05) is 54.6 Å². The van der Waals surface area contributed by atoms with Crippen LogP contribution in [0.3, 0.4) is 0 Å². The van der Waals surface area contributed by atoms with Crippen molar-refractivity contribution in [1.29, 1.82) is 0 Å².